The van der Waals surface area contributed by atoms with Gasteiger partial charge in [0.1, 0.15) is 0 Å². The number of rotatable bonds is 2. The number of benzene rings is 1. The number of anilines is 1. The molecular weight excluding hydrogens is 276 g/mol. The third-order valence-corrected chi connectivity index (χ3v) is 3.89. The van der Waals surface area contributed by atoms with Crippen molar-refractivity contribution >= 4 is 23.2 Å². The fourth-order valence-electron chi connectivity index (χ4n) is 2.25. The molecule has 1 amide bonds. The number of nitrogens with one attached hydrogen (secondary N) is 3. The van der Waals surface area contributed by atoms with Crippen molar-refractivity contribution in [2.75, 3.05) is 5.32 Å². The van der Waals surface area contributed by atoms with E-state index < -0.39 is 0 Å². The number of H-pyrrole nitrogens is 1. The van der Waals surface area contributed by atoms with Crippen LogP contribution in [0.25, 0.3) is 0 Å². The van der Waals surface area contributed by atoms with Crippen LogP contribution in [0.15, 0.2) is 24.5 Å². The van der Waals surface area contributed by atoms with E-state index >= 15 is 0 Å². The van der Waals surface area contributed by atoms with E-state index in [0.29, 0.717) is 23.7 Å². The average Bonchev–Trinajstić information content (AvgIpc) is 2.90. The summed E-state index contributed by atoms with van der Waals surface area (Å²) >= 11 is 6.05. The van der Waals surface area contributed by atoms with E-state index in [1.165, 1.54) is 0 Å². The van der Waals surface area contributed by atoms with Crippen molar-refractivity contribution in [3.63, 3.8) is 0 Å². The van der Waals surface area contributed by atoms with Crippen molar-refractivity contribution in [3.05, 3.63) is 46.5 Å². The lowest BCUT2D eigenvalue weighted by Crippen LogP contribution is -2.44. The van der Waals surface area contributed by atoms with Crippen molar-refractivity contribution in [3.8, 4) is 0 Å². The third kappa shape index (κ3) is 2.55. The second-order valence-corrected chi connectivity index (χ2v) is 5.33. The minimum atomic E-state index is -0.272. The van der Waals surface area contributed by atoms with Gasteiger partial charge in [0.15, 0.2) is 0 Å². The van der Waals surface area contributed by atoms with E-state index in [4.69, 9.17) is 11.6 Å². The molecule has 2 aromatic rings. The molecule has 1 aliphatic rings. The summed E-state index contributed by atoms with van der Waals surface area (Å²) in [5.74, 6) is -0.0708. The molecule has 0 saturated carbocycles. The summed E-state index contributed by atoms with van der Waals surface area (Å²) in [5, 5.41) is 6.72. The molecule has 0 bridgehead atoms. The first kappa shape index (κ1) is 13.1. The molecule has 1 atom stereocenters. The van der Waals surface area contributed by atoms with Crippen molar-refractivity contribution in [2.45, 2.75) is 25.9 Å². The Morgan fingerprint density at radius 1 is 1.50 bits per heavy atom. The number of aryl methyl sites for hydroxylation is 1. The lowest BCUT2D eigenvalue weighted by molar-refractivity contribution is -0.118. The Morgan fingerprint density at radius 3 is 3.15 bits per heavy atom. The van der Waals surface area contributed by atoms with Crippen LogP contribution in [-0.4, -0.2) is 21.9 Å². The van der Waals surface area contributed by atoms with Crippen molar-refractivity contribution < 1.29 is 4.79 Å². The SMILES string of the molecule is Cc1ccc(NC(=O)C2Cc3nc[nH]c3CN2)cc1Cl. The quantitative estimate of drug-likeness (QED) is 0.792. The summed E-state index contributed by atoms with van der Waals surface area (Å²) in [4.78, 5) is 19.5. The summed E-state index contributed by atoms with van der Waals surface area (Å²) < 4.78 is 0. The number of halogens is 1. The van der Waals surface area contributed by atoms with Gasteiger partial charge in [-0.25, -0.2) is 4.98 Å². The highest BCUT2D eigenvalue weighted by atomic mass is 35.5. The molecule has 0 fully saturated rings. The number of carbonyl (C=O) groups excluding carboxylic acids is 1. The van der Waals surface area contributed by atoms with Gasteiger partial charge in [0, 0.05) is 23.7 Å². The van der Waals surface area contributed by atoms with Crippen LogP contribution < -0.4 is 10.6 Å². The molecule has 3 rings (SSSR count). The van der Waals surface area contributed by atoms with Gasteiger partial charge < -0.3 is 10.3 Å². The van der Waals surface area contributed by atoms with Crippen LogP contribution in [0, 0.1) is 6.92 Å². The first-order valence-electron chi connectivity index (χ1n) is 6.45. The Balaban J connectivity index is 1.69. The number of fused-ring (bicyclic) bond motifs is 1. The normalized spacial score (nSPS) is 17.6. The Bertz CT molecular complexity index is 652. The fraction of sp³-hybridized carbons (Fsp3) is 0.286. The molecule has 2 heterocycles. The zero-order chi connectivity index (χ0) is 14.1. The number of aromatic nitrogens is 2. The molecule has 20 heavy (non-hydrogen) atoms. The smallest absolute Gasteiger partial charge is 0.241 e. The van der Waals surface area contributed by atoms with Crippen LogP contribution in [0.4, 0.5) is 5.69 Å². The largest absolute Gasteiger partial charge is 0.347 e. The molecule has 1 unspecified atom stereocenters. The molecular formula is C14H15ClN4O. The maximum Gasteiger partial charge on any atom is 0.241 e. The van der Waals surface area contributed by atoms with Gasteiger partial charge in [-0.2, -0.15) is 0 Å². The molecule has 1 aromatic heterocycles. The van der Waals surface area contributed by atoms with Crippen molar-refractivity contribution in [2.24, 2.45) is 0 Å². The molecule has 0 radical (unpaired) electrons. The third-order valence-electron chi connectivity index (χ3n) is 3.49. The van der Waals surface area contributed by atoms with Gasteiger partial charge in [0.2, 0.25) is 5.91 Å². The van der Waals surface area contributed by atoms with Crippen molar-refractivity contribution in [1.82, 2.24) is 15.3 Å². The van der Waals surface area contributed by atoms with Gasteiger partial charge in [0.05, 0.1) is 23.8 Å². The second-order valence-electron chi connectivity index (χ2n) is 4.92. The molecule has 0 saturated heterocycles. The molecule has 0 spiro atoms. The summed E-state index contributed by atoms with van der Waals surface area (Å²) in [6.07, 6.45) is 2.25. The number of aromatic amines is 1. The minimum Gasteiger partial charge on any atom is -0.347 e. The van der Waals surface area contributed by atoms with Gasteiger partial charge in [-0.05, 0) is 24.6 Å². The predicted octanol–water partition coefficient (Wildman–Crippen LogP) is 2.02. The highest BCUT2D eigenvalue weighted by Crippen LogP contribution is 2.20. The summed E-state index contributed by atoms with van der Waals surface area (Å²) in [6.45, 7) is 2.55. The van der Waals surface area contributed by atoms with Crippen LogP contribution in [-0.2, 0) is 17.8 Å². The van der Waals surface area contributed by atoms with Crippen LogP contribution in [0.2, 0.25) is 5.02 Å². The Hall–Kier alpha value is -1.85. The van der Waals surface area contributed by atoms with E-state index in [1.54, 1.807) is 12.4 Å². The average molecular weight is 291 g/mol. The Labute approximate surface area is 121 Å². The Morgan fingerprint density at radius 2 is 2.35 bits per heavy atom. The number of carbonyl (C=O) groups is 1. The molecule has 1 aliphatic heterocycles. The lowest BCUT2D eigenvalue weighted by atomic mass is 10.0. The van der Waals surface area contributed by atoms with Crippen LogP contribution in [0.3, 0.4) is 0 Å². The second kappa shape index (κ2) is 5.26. The van der Waals surface area contributed by atoms with E-state index in [2.05, 4.69) is 20.6 Å². The topological polar surface area (TPSA) is 69.8 Å². The van der Waals surface area contributed by atoms with E-state index in [0.717, 1.165) is 17.0 Å². The summed E-state index contributed by atoms with van der Waals surface area (Å²) in [7, 11) is 0. The van der Waals surface area contributed by atoms with Gasteiger partial charge in [-0.15, -0.1) is 0 Å². The Kier molecular flexibility index (Phi) is 3.46. The minimum absolute atomic E-state index is 0.0708. The highest BCUT2D eigenvalue weighted by molar-refractivity contribution is 6.31. The van der Waals surface area contributed by atoms with Crippen LogP contribution >= 0.6 is 11.6 Å². The summed E-state index contributed by atoms with van der Waals surface area (Å²) in [5.41, 5.74) is 3.69. The van der Waals surface area contributed by atoms with E-state index in [9.17, 15) is 4.79 Å². The van der Waals surface area contributed by atoms with E-state index in [-0.39, 0.29) is 11.9 Å². The van der Waals surface area contributed by atoms with E-state index in [1.807, 2.05) is 19.1 Å². The number of imidazole rings is 1. The zero-order valence-corrected chi connectivity index (χ0v) is 11.8. The molecule has 5 nitrogen and oxygen atoms in total. The van der Waals surface area contributed by atoms with Crippen LogP contribution in [0.5, 0.6) is 0 Å². The first-order valence-corrected chi connectivity index (χ1v) is 6.83. The van der Waals surface area contributed by atoms with Crippen molar-refractivity contribution in [1.29, 1.82) is 0 Å². The fourth-order valence-corrected chi connectivity index (χ4v) is 2.44. The van der Waals surface area contributed by atoms with Gasteiger partial charge in [-0.3, -0.25) is 10.1 Å². The van der Waals surface area contributed by atoms with Gasteiger partial charge in [0.25, 0.3) is 0 Å². The summed E-state index contributed by atoms with van der Waals surface area (Å²) in [6, 6.07) is 5.23. The molecule has 0 aliphatic carbocycles. The molecule has 3 N–H and O–H groups in total. The molecule has 6 heteroatoms. The lowest BCUT2D eigenvalue weighted by Gasteiger charge is -2.22. The number of hydrogen-bond donors (Lipinski definition) is 3. The maximum atomic E-state index is 12.2. The maximum absolute atomic E-state index is 12.2. The number of amides is 1. The number of hydrogen-bond acceptors (Lipinski definition) is 3. The number of nitrogens with zero attached hydrogens (tertiary/aromatic N) is 1. The highest BCUT2D eigenvalue weighted by Gasteiger charge is 2.25. The van der Waals surface area contributed by atoms with Crippen LogP contribution in [0.1, 0.15) is 17.0 Å². The first-order chi connectivity index (χ1) is 9.63. The molecule has 1 aromatic carbocycles. The molecule has 104 valence electrons. The predicted molar refractivity (Wildman–Crippen MR) is 77.7 cm³/mol. The monoisotopic (exact) mass is 290 g/mol. The zero-order valence-electron chi connectivity index (χ0n) is 11.0. The standard InChI is InChI=1S/C14H15ClN4O/c1-8-2-3-9(4-10(8)15)19-14(20)12-5-11-13(6-16-12)18-7-17-11/h2-4,7,12,16H,5-6H2,1H3,(H,17,18)(H,19,20). The van der Waals surface area contributed by atoms with Gasteiger partial charge >= 0.3 is 0 Å². The van der Waals surface area contributed by atoms with Gasteiger partial charge in [-0.1, -0.05) is 17.7 Å².